The van der Waals surface area contributed by atoms with Crippen LogP contribution in [-0.2, 0) is 0 Å². The highest BCUT2D eigenvalue weighted by Gasteiger charge is 2.09. The lowest BCUT2D eigenvalue weighted by Crippen LogP contribution is -2.13. The zero-order valence-corrected chi connectivity index (χ0v) is 11.5. The number of anilines is 1. The Hall–Kier alpha value is -3.00. The highest BCUT2D eigenvalue weighted by atomic mass is 16.5. The molecule has 2 aromatic carbocycles. The number of nitrogens with zero attached hydrogens (tertiary/aromatic N) is 1. The molecule has 0 heterocycles. The van der Waals surface area contributed by atoms with Gasteiger partial charge >= 0.3 is 0 Å². The molecule has 0 bridgehead atoms. The molecular formula is C16H14N2O3. The third kappa shape index (κ3) is 3.74. The first-order valence-electron chi connectivity index (χ1n) is 6.31. The number of nitrogens with one attached hydrogen (secondary N) is 1. The average Bonchev–Trinajstić information content (AvgIpc) is 2.46. The molecule has 21 heavy (non-hydrogen) atoms. The van der Waals surface area contributed by atoms with Gasteiger partial charge in [-0.05, 0) is 55.0 Å². The number of carbonyl (C=O) groups is 1. The SMILES string of the molecule is Cc1cc(O)ccc1C(=O)Nc1ccc(OCC#N)cc1. The first kappa shape index (κ1) is 14.4. The van der Waals surface area contributed by atoms with Crippen LogP contribution >= 0.6 is 0 Å². The number of phenols is 1. The van der Waals surface area contributed by atoms with E-state index < -0.39 is 0 Å². The predicted molar refractivity (Wildman–Crippen MR) is 78.3 cm³/mol. The molecule has 0 fully saturated rings. The Morgan fingerprint density at radius 3 is 2.62 bits per heavy atom. The minimum absolute atomic E-state index is 0.0155. The van der Waals surface area contributed by atoms with E-state index in [9.17, 15) is 9.90 Å². The summed E-state index contributed by atoms with van der Waals surface area (Å²) in [5.74, 6) is 0.441. The van der Waals surface area contributed by atoms with E-state index in [0.29, 0.717) is 22.6 Å². The Kier molecular flexibility index (Phi) is 4.42. The van der Waals surface area contributed by atoms with Crippen LogP contribution in [0.4, 0.5) is 5.69 Å². The number of hydrogen-bond acceptors (Lipinski definition) is 4. The number of carbonyl (C=O) groups excluding carboxylic acids is 1. The quantitative estimate of drug-likeness (QED) is 0.903. The molecule has 0 aliphatic rings. The molecule has 0 aliphatic heterocycles. The molecular weight excluding hydrogens is 268 g/mol. The number of ether oxygens (including phenoxy) is 1. The van der Waals surface area contributed by atoms with Gasteiger partial charge in [-0.15, -0.1) is 0 Å². The first-order chi connectivity index (χ1) is 10.1. The Labute approximate surface area is 122 Å². The highest BCUT2D eigenvalue weighted by molar-refractivity contribution is 6.05. The molecule has 0 saturated heterocycles. The topological polar surface area (TPSA) is 82.3 Å². The molecule has 0 atom stereocenters. The van der Waals surface area contributed by atoms with E-state index in [0.717, 1.165) is 0 Å². The maximum Gasteiger partial charge on any atom is 0.255 e. The van der Waals surface area contributed by atoms with E-state index in [1.54, 1.807) is 37.3 Å². The molecule has 0 aromatic heterocycles. The number of aryl methyl sites for hydroxylation is 1. The zero-order valence-electron chi connectivity index (χ0n) is 11.5. The predicted octanol–water partition coefficient (Wildman–Crippen LogP) is 2.86. The van der Waals surface area contributed by atoms with Crippen molar-refractivity contribution in [1.29, 1.82) is 5.26 Å². The molecule has 0 unspecified atom stereocenters. The number of benzene rings is 2. The first-order valence-corrected chi connectivity index (χ1v) is 6.31. The number of hydrogen-bond donors (Lipinski definition) is 2. The molecule has 0 radical (unpaired) electrons. The molecule has 2 N–H and O–H groups in total. The van der Waals surface area contributed by atoms with Crippen LogP contribution in [0.1, 0.15) is 15.9 Å². The second kappa shape index (κ2) is 6.44. The molecule has 2 aromatic rings. The molecule has 1 amide bonds. The van der Waals surface area contributed by atoms with Gasteiger partial charge in [0, 0.05) is 11.3 Å². The molecule has 106 valence electrons. The lowest BCUT2D eigenvalue weighted by molar-refractivity contribution is 0.102. The summed E-state index contributed by atoms with van der Waals surface area (Å²) in [7, 11) is 0. The summed E-state index contributed by atoms with van der Waals surface area (Å²) in [6.45, 7) is 1.74. The number of amides is 1. The van der Waals surface area contributed by atoms with Crippen LogP contribution in [0.3, 0.4) is 0 Å². The van der Waals surface area contributed by atoms with Crippen LogP contribution in [0.25, 0.3) is 0 Å². The molecule has 5 heteroatoms. The van der Waals surface area contributed by atoms with Gasteiger partial charge in [0.2, 0.25) is 0 Å². The van der Waals surface area contributed by atoms with Gasteiger partial charge in [0.05, 0.1) is 0 Å². The Morgan fingerprint density at radius 2 is 2.00 bits per heavy atom. The minimum atomic E-state index is -0.252. The van der Waals surface area contributed by atoms with E-state index in [4.69, 9.17) is 10.00 Å². The summed E-state index contributed by atoms with van der Waals surface area (Å²) < 4.78 is 5.13. The van der Waals surface area contributed by atoms with Gasteiger partial charge < -0.3 is 15.2 Å². The fraction of sp³-hybridized carbons (Fsp3) is 0.125. The Morgan fingerprint density at radius 1 is 1.29 bits per heavy atom. The summed E-state index contributed by atoms with van der Waals surface area (Å²) in [6, 6.07) is 13.2. The second-order valence-corrected chi connectivity index (χ2v) is 4.42. The van der Waals surface area contributed by atoms with Crippen LogP contribution in [0.15, 0.2) is 42.5 Å². The second-order valence-electron chi connectivity index (χ2n) is 4.42. The van der Waals surface area contributed by atoms with Crippen molar-refractivity contribution in [1.82, 2.24) is 0 Å². The number of phenolic OH excluding ortho intramolecular Hbond substituents is 1. The largest absolute Gasteiger partial charge is 0.508 e. The van der Waals surface area contributed by atoms with Crippen molar-refractivity contribution in [3.05, 3.63) is 53.6 Å². The van der Waals surface area contributed by atoms with E-state index in [-0.39, 0.29) is 18.3 Å². The molecule has 5 nitrogen and oxygen atoms in total. The van der Waals surface area contributed by atoms with Crippen LogP contribution < -0.4 is 10.1 Å². The smallest absolute Gasteiger partial charge is 0.255 e. The monoisotopic (exact) mass is 282 g/mol. The van der Waals surface area contributed by atoms with E-state index in [2.05, 4.69) is 5.32 Å². The van der Waals surface area contributed by atoms with Crippen molar-refractivity contribution in [3.63, 3.8) is 0 Å². The Balaban J connectivity index is 2.07. The van der Waals surface area contributed by atoms with Crippen LogP contribution in [0.5, 0.6) is 11.5 Å². The summed E-state index contributed by atoms with van der Waals surface area (Å²) >= 11 is 0. The summed E-state index contributed by atoms with van der Waals surface area (Å²) in [6.07, 6.45) is 0. The van der Waals surface area contributed by atoms with Crippen molar-refractivity contribution in [2.75, 3.05) is 11.9 Å². The van der Waals surface area contributed by atoms with E-state index in [1.807, 2.05) is 6.07 Å². The van der Waals surface area contributed by atoms with Gasteiger partial charge in [0.1, 0.15) is 17.6 Å². The van der Waals surface area contributed by atoms with Gasteiger partial charge in [0.15, 0.2) is 6.61 Å². The van der Waals surface area contributed by atoms with Crippen LogP contribution in [-0.4, -0.2) is 17.6 Å². The molecule has 0 spiro atoms. The Bertz CT molecular complexity index is 688. The van der Waals surface area contributed by atoms with Crippen LogP contribution in [0, 0.1) is 18.3 Å². The van der Waals surface area contributed by atoms with Crippen molar-refractivity contribution < 1.29 is 14.6 Å². The fourth-order valence-electron chi connectivity index (χ4n) is 1.85. The fourth-order valence-corrected chi connectivity index (χ4v) is 1.85. The highest BCUT2D eigenvalue weighted by Crippen LogP contribution is 2.19. The van der Waals surface area contributed by atoms with Crippen molar-refractivity contribution in [2.24, 2.45) is 0 Å². The number of aromatic hydroxyl groups is 1. The lowest BCUT2D eigenvalue weighted by atomic mass is 10.1. The third-order valence-electron chi connectivity index (χ3n) is 2.87. The van der Waals surface area contributed by atoms with Crippen LogP contribution in [0.2, 0.25) is 0 Å². The molecule has 0 aliphatic carbocycles. The van der Waals surface area contributed by atoms with Gasteiger partial charge in [-0.1, -0.05) is 0 Å². The molecule has 2 rings (SSSR count). The standard InChI is InChI=1S/C16H14N2O3/c1-11-10-13(19)4-7-15(11)16(20)18-12-2-5-14(6-3-12)21-9-8-17/h2-7,10,19H,9H2,1H3,(H,18,20). The molecule has 0 saturated carbocycles. The normalized spacial score (nSPS) is 9.71. The summed E-state index contributed by atoms with van der Waals surface area (Å²) in [5.41, 5.74) is 1.82. The maximum atomic E-state index is 12.1. The van der Waals surface area contributed by atoms with E-state index in [1.165, 1.54) is 12.1 Å². The van der Waals surface area contributed by atoms with Crippen molar-refractivity contribution >= 4 is 11.6 Å². The van der Waals surface area contributed by atoms with Gasteiger partial charge in [-0.2, -0.15) is 5.26 Å². The summed E-state index contributed by atoms with van der Waals surface area (Å²) in [4.78, 5) is 12.1. The van der Waals surface area contributed by atoms with E-state index >= 15 is 0 Å². The number of rotatable bonds is 4. The maximum absolute atomic E-state index is 12.1. The third-order valence-corrected chi connectivity index (χ3v) is 2.87. The van der Waals surface area contributed by atoms with Crippen molar-refractivity contribution in [2.45, 2.75) is 6.92 Å². The van der Waals surface area contributed by atoms with Crippen molar-refractivity contribution in [3.8, 4) is 17.6 Å². The summed E-state index contributed by atoms with van der Waals surface area (Å²) in [5, 5.41) is 20.5. The minimum Gasteiger partial charge on any atom is -0.508 e. The zero-order chi connectivity index (χ0) is 15.2. The van der Waals surface area contributed by atoms with Gasteiger partial charge in [-0.25, -0.2) is 0 Å². The lowest BCUT2D eigenvalue weighted by Gasteiger charge is -2.09. The van der Waals surface area contributed by atoms with Gasteiger partial charge in [0.25, 0.3) is 5.91 Å². The average molecular weight is 282 g/mol. The number of nitriles is 1. The van der Waals surface area contributed by atoms with Gasteiger partial charge in [-0.3, -0.25) is 4.79 Å².